The fraction of sp³-hybridized carbons (Fsp3) is 0.455. The highest BCUT2D eigenvalue weighted by atomic mass is 79.9. The van der Waals surface area contributed by atoms with E-state index in [9.17, 15) is 0 Å². The van der Waals surface area contributed by atoms with Crippen molar-refractivity contribution in [3.05, 3.63) is 27.2 Å². The molecule has 0 saturated carbocycles. The van der Waals surface area contributed by atoms with E-state index in [-0.39, 0.29) is 0 Å². The van der Waals surface area contributed by atoms with E-state index in [1.165, 1.54) is 4.90 Å². The molecule has 1 rings (SSSR count). The summed E-state index contributed by atoms with van der Waals surface area (Å²) in [6.07, 6.45) is 0. The second-order valence-corrected chi connectivity index (χ2v) is 5.12. The first-order valence-corrected chi connectivity index (χ1v) is 6.05. The molecule has 0 unspecified atom stereocenters. The van der Waals surface area contributed by atoms with E-state index in [0.29, 0.717) is 11.6 Å². The Morgan fingerprint density at radius 1 is 1.40 bits per heavy atom. The fourth-order valence-corrected chi connectivity index (χ4v) is 2.31. The molecule has 0 aromatic heterocycles. The summed E-state index contributed by atoms with van der Waals surface area (Å²) in [5.74, 6) is 0.739. The van der Waals surface area contributed by atoms with Gasteiger partial charge in [0.05, 0.1) is 23.6 Å². The number of likely N-dealkylation sites (N-methyl/N-ethyl adjacent to an activating group) is 1. The average molecular weight is 294 g/mol. The third kappa shape index (κ3) is 4.01. The first-order chi connectivity index (χ1) is 7.00. The molecule has 0 radical (unpaired) electrons. The SMILES string of the molecule is Cc1cc(Cl)c(OCC[NH+](C)C)c(Br)c1. The van der Waals surface area contributed by atoms with Gasteiger partial charge in [0.1, 0.15) is 13.2 Å². The lowest BCUT2D eigenvalue weighted by Crippen LogP contribution is -3.06. The molecule has 1 aromatic carbocycles. The van der Waals surface area contributed by atoms with Gasteiger partial charge in [-0.05, 0) is 40.5 Å². The Morgan fingerprint density at radius 2 is 2.07 bits per heavy atom. The van der Waals surface area contributed by atoms with E-state index in [1.54, 1.807) is 0 Å². The molecule has 0 aliphatic carbocycles. The predicted octanol–water partition coefficient (Wildman–Crippen LogP) is 1.93. The molecule has 0 atom stereocenters. The number of nitrogens with one attached hydrogen (secondary N) is 1. The van der Waals surface area contributed by atoms with Crippen molar-refractivity contribution in [1.82, 2.24) is 0 Å². The van der Waals surface area contributed by atoms with Gasteiger partial charge in [-0.15, -0.1) is 0 Å². The Labute approximate surface area is 104 Å². The van der Waals surface area contributed by atoms with E-state index >= 15 is 0 Å². The zero-order valence-corrected chi connectivity index (χ0v) is 11.6. The van der Waals surface area contributed by atoms with Crippen molar-refractivity contribution in [2.75, 3.05) is 27.2 Å². The number of hydrogen-bond acceptors (Lipinski definition) is 1. The van der Waals surface area contributed by atoms with Crippen LogP contribution in [-0.4, -0.2) is 27.2 Å². The molecule has 0 fully saturated rings. The van der Waals surface area contributed by atoms with Crippen LogP contribution in [0.25, 0.3) is 0 Å². The van der Waals surface area contributed by atoms with Crippen molar-refractivity contribution in [2.24, 2.45) is 0 Å². The molecule has 0 aliphatic rings. The number of benzene rings is 1. The van der Waals surface area contributed by atoms with Gasteiger partial charge in [-0.1, -0.05) is 11.6 Å². The quantitative estimate of drug-likeness (QED) is 0.896. The highest BCUT2D eigenvalue weighted by Crippen LogP contribution is 2.34. The lowest BCUT2D eigenvalue weighted by molar-refractivity contribution is -0.858. The van der Waals surface area contributed by atoms with Crippen molar-refractivity contribution >= 4 is 27.5 Å². The van der Waals surface area contributed by atoms with Crippen LogP contribution in [0, 0.1) is 6.92 Å². The van der Waals surface area contributed by atoms with E-state index in [1.807, 2.05) is 19.1 Å². The van der Waals surface area contributed by atoms with Gasteiger partial charge in [0.2, 0.25) is 0 Å². The molecule has 0 spiro atoms. The van der Waals surface area contributed by atoms with E-state index in [4.69, 9.17) is 16.3 Å². The summed E-state index contributed by atoms with van der Waals surface area (Å²) in [6.45, 7) is 3.63. The largest absolute Gasteiger partial charge is 0.485 e. The number of aryl methyl sites for hydroxylation is 1. The molecule has 0 bridgehead atoms. The summed E-state index contributed by atoms with van der Waals surface area (Å²) in [6, 6.07) is 3.91. The van der Waals surface area contributed by atoms with Crippen LogP contribution in [0.5, 0.6) is 5.75 Å². The third-order valence-corrected chi connectivity index (χ3v) is 2.86. The normalized spacial score (nSPS) is 10.8. The van der Waals surface area contributed by atoms with E-state index < -0.39 is 0 Å². The van der Waals surface area contributed by atoms with Gasteiger partial charge in [0, 0.05) is 0 Å². The molecule has 2 nitrogen and oxygen atoms in total. The summed E-state index contributed by atoms with van der Waals surface area (Å²) >= 11 is 9.54. The monoisotopic (exact) mass is 292 g/mol. The summed E-state index contributed by atoms with van der Waals surface area (Å²) < 4.78 is 6.55. The second kappa shape index (κ2) is 5.73. The molecule has 84 valence electrons. The van der Waals surface area contributed by atoms with Crippen molar-refractivity contribution in [2.45, 2.75) is 6.92 Å². The topological polar surface area (TPSA) is 13.7 Å². The number of rotatable bonds is 4. The maximum Gasteiger partial charge on any atom is 0.152 e. The Hall–Kier alpha value is -0.250. The second-order valence-electron chi connectivity index (χ2n) is 3.86. The molecule has 1 N–H and O–H groups in total. The highest BCUT2D eigenvalue weighted by Gasteiger charge is 2.08. The summed E-state index contributed by atoms with van der Waals surface area (Å²) in [7, 11) is 4.18. The smallest absolute Gasteiger partial charge is 0.152 e. The molecule has 0 aliphatic heterocycles. The standard InChI is InChI=1S/C11H15BrClNO/c1-8-6-9(12)11(10(13)7-8)15-5-4-14(2)3/h6-7H,4-5H2,1-3H3/p+1. The molecule has 4 heteroatoms. The Bertz CT molecular complexity index is 318. The molecular weight excluding hydrogens is 277 g/mol. The number of quaternary nitrogens is 1. The third-order valence-electron chi connectivity index (χ3n) is 1.99. The van der Waals surface area contributed by atoms with Crippen molar-refractivity contribution in [3.8, 4) is 5.75 Å². The first kappa shape index (κ1) is 12.8. The predicted molar refractivity (Wildman–Crippen MR) is 67.1 cm³/mol. The van der Waals surface area contributed by atoms with Crippen LogP contribution in [0.15, 0.2) is 16.6 Å². The van der Waals surface area contributed by atoms with E-state index in [0.717, 1.165) is 22.3 Å². The summed E-state index contributed by atoms with van der Waals surface area (Å²) in [5, 5.41) is 0.663. The number of halogens is 2. The van der Waals surface area contributed by atoms with Crippen molar-refractivity contribution in [1.29, 1.82) is 0 Å². The zero-order valence-electron chi connectivity index (χ0n) is 9.23. The zero-order chi connectivity index (χ0) is 11.4. The lowest BCUT2D eigenvalue weighted by Gasteiger charge is -2.12. The van der Waals surface area contributed by atoms with Gasteiger partial charge < -0.3 is 9.64 Å². The Balaban J connectivity index is 2.68. The van der Waals surface area contributed by atoms with Crippen LogP contribution in [0.2, 0.25) is 5.02 Å². The summed E-state index contributed by atoms with van der Waals surface area (Å²) in [5.41, 5.74) is 1.12. The molecule has 0 saturated heterocycles. The number of hydrogen-bond donors (Lipinski definition) is 1. The van der Waals surface area contributed by atoms with Gasteiger partial charge in [-0.2, -0.15) is 0 Å². The maximum absolute atomic E-state index is 6.09. The molecule has 0 amide bonds. The number of ether oxygens (including phenoxy) is 1. The minimum Gasteiger partial charge on any atom is -0.485 e. The van der Waals surface area contributed by atoms with Crippen LogP contribution in [0.3, 0.4) is 0 Å². The molecular formula is C11H16BrClNO+. The Kier molecular flexibility index (Phi) is 4.90. The summed E-state index contributed by atoms with van der Waals surface area (Å²) in [4.78, 5) is 1.36. The van der Waals surface area contributed by atoms with Gasteiger partial charge in [0.25, 0.3) is 0 Å². The van der Waals surface area contributed by atoms with Gasteiger partial charge in [-0.25, -0.2) is 0 Å². The maximum atomic E-state index is 6.09. The van der Waals surface area contributed by atoms with Crippen LogP contribution in [0.4, 0.5) is 0 Å². The minimum absolute atomic E-state index is 0.663. The van der Waals surface area contributed by atoms with Crippen LogP contribution in [-0.2, 0) is 0 Å². The van der Waals surface area contributed by atoms with Crippen LogP contribution in [0.1, 0.15) is 5.56 Å². The molecule has 15 heavy (non-hydrogen) atoms. The molecule has 0 heterocycles. The van der Waals surface area contributed by atoms with Crippen molar-refractivity contribution in [3.63, 3.8) is 0 Å². The van der Waals surface area contributed by atoms with Crippen molar-refractivity contribution < 1.29 is 9.64 Å². The minimum atomic E-state index is 0.663. The van der Waals surface area contributed by atoms with Crippen LogP contribution >= 0.6 is 27.5 Å². The van der Waals surface area contributed by atoms with Gasteiger partial charge >= 0.3 is 0 Å². The van der Waals surface area contributed by atoms with Gasteiger partial charge in [-0.3, -0.25) is 0 Å². The fourth-order valence-electron chi connectivity index (χ4n) is 1.18. The van der Waals surface area contributed by atoms with Crippen LogP contribution < -0.4 is 9.64 Å². The van der Waals surface area contributed by atoms with E-state index in [2.05, 4.69) is 30.0 Å². The molecule has 1 aromatic rings. The highest BCUT2D eigenvalue weighted by molar-refractivity contribution is 9.10. The lowest BCUT2D eigenvalue weighted by atomic mass is 10.2. The average Bonchev–Trinajstić information content (AvgIpc) is 2.08. The van der Waals surface area contributed by atoms with Gasteiger partial charge in [0.15, 0.2) is 5.75 Å². The first-order valence-electron chi connectivity index (χ1n) is 4.88. The Morgan fingerprint density at radius 3 is 2.60 bits per heavy atom.